The summed E-state index contributed by atoms with van der Waals surface area (Å²) in [5.41, 5.74) is -0.620. The molecule has 0 saturated heterocycles. The SMILES string of the molecule is CCOC(=O)C(C)(CC(C)N(C)CCCN(C)C)NC. The van der Waals surface area contributed by atoms with Crippen molar-refractivity contribution < 1.29 is 9.53 Å². The summed E-state index contributed by atoms with van der Waals surface area (Å²) >= 11 is 0. The first-order chi connectivity index (χ1) is 9.26. The van der Waals surface area contributed by atoms with Gasteiger partial charge in [0.05, 0.1) is 6.61 Å². The molecule has 0 aliphatic rings. The number of esters is 1. The lowest BCUT2D eigenvalue weighted by atomic mass is 9.93. The molecule has 0 rings (SSSR count). The standard InChI is InChI=1S/C15H33N3O2/c1-8-20-14(19)15(3,16-4)12-13(2)18(7)11-9-10-17(5)6/h13,16H,8-12H2,1-7H3. The number of likely N-dealkylation sites (N-methyl/N-ethyl adjacent to an activating group) is 1. The van der Waals surface area contributed by atoms with Crippen molar-refractivity contribution in [2.45, 2.75) is 45.2 Å². The molecule has 0 saturated carbocycles. The molecule has 2 atom stereocenters. The summed E-state index contributed by atoms with van der Waals surface area (Å²) < 4.78 is 5.16. The van der Waals surface area contributed by atoms with Crippen molar-refractivity contribution in [3.63, 3.8) is 0 Å². The van der Waals surface area contributed by atoms with E-state index in [1.807, 2.05) is 20.9 Å². The summed E-state index contributed by atoms with van der Waals surface area (Å²) in [4.78, 5) is 16.5. The molecular formula is C15H33N3O2. The maximum absolute atomic E-state index is 12.0. The number of nitrogens with zero attached hydrogens (tertiary/aromatic N) is 2. The average Bonchev–Trinajstić information content (AvgIpc) is 2.38. The zero-order chi connectivity index (χ0) is 15.8. The molecular weight excluding hydrogens is 254 g/mol. The van der Waals surface area contributed by atoms with Gasteiger partial charge in [0, 0.05) is 6.04 Å². The third-order valence-corrected chi connectivity index (χ3v) is 3.85. The molecule has 0 radical (unpaired) electrons. The van der Waals surface area contributed by atoms with E-state index in [1.54, 1.807) is 0 Å². The van der Waals surface area contributed by atoms with E-state index in [0.717, 1.165) is 25.9 Å². The summed E-state index contributed by atoms with van der Waals surface area (Å²) in [6.07, 6.45) is 1.87. The van der Waals surface area contributed by atoms with Crippen LogP contribution in [0.3, 0.4) is 0 Å². The lowest BCUT2D eigenvalue weighted by molar-refractivity contribution is -0.151. The Bertz CT molecular complexity index is 284. The van der Waals surface area contributed by atoms with Crippen LogP contribution in [0.15, 0.2) is 0 Å². The van der Waals surface area contributed by atoms with Gasteiger partial charge >= 0.3 is 5.97 Å². The van der Waals surface area contributed by atoms with E-state index in [-0.39, 0.29) is 5.97 Å². The number of carbonyl (C=O) groups is 1. The van der Waals surface area contributed by atoms with Crippen molar-refractivity contribution >= 4 is 5.97 Å². The van der Waals surface area contributed by atoms with Gasteiger partial charge in [-0.2, -0.15) is 0 Å². The van der Waals surface area contributed by atoms with Gasteiger partial charge in [0.15, 0.2) is 0 Å². The normalized spacial score (nSPS) is 16.2. The van der Waals surface area contributed by atoms with Crippen LogP contribution in [0, 0.1) is 0 Å². The third kappa shape index (κ3) is 6.68. The van der Waals surface area contributed by atoms with E-state index in [0.29, 0.717) is 12.6 Å². The quantitative estimate of drug-likeness (QED) is 0.612. The first kappa shape index (κ1) is 19.4. The van der Waals surface area contributed by atoms with E-state index in [2.05, 4.69) is 43.2 Å². The fourth-order valence-corrected chi connectivity index (χ4v) is 2.18. The Kier molecular flexibility index (Phi) is 9.01. The summed E-state index contributed by atoms with van der Waals surface area (Å²) in [6, 6.07) is 0.319. The topological polar surface area (TPSA) is 44.8 Å². The van der Waals surface area contributed by atoms with Gasteiger partial charge in [0.2, 0.25) is 0 Å². The van der Waals surface area contributed by atoms with Crippen LogP contribution in [0.2, 0.25) is 0 Å². The van der Waals surface area contributed by atoms with Gasteiger partial charge in [0.1, 0.15) is 5.54 Å². The van der Waals surface area contributed by atoms with Crippen molar-refractivity contribution in [3.05, 3.63) is 0 Å². The van der Waals surface area contributed by atoms with Crippen LogP contribution in [0.25, 0.3) is 0 Å². The maximum atomic E-state index is 12.0. The fourth-order valence-electron chi connectivity index (χ4n) is 2.18. The van der Waals surface area contributed by atoms with Gasteiger partial charge in [-0.1, -0.05) is 0 Å². The van der Waals surface area contributed by atoms with Crippen LogP contribution in [0.1, 0.15) is 33.6 Å². The molecule has 20 heavy (non-hydrogen) atoms. The van der Waals surface area contributed by atoms with Crippen molar-refractivity contribution in [1.29, 1.82) is 0 Å². The largest absolute Gasteiger partial charge is 0.465 e. The van der Waals surface area contributed by atoms with Crippen LogP contribution in [0.5, 0.6) is 0 Å². The number of carbonyl (C=O) groups excluding carboxylic acids is 1. The van der Waals surface area contributed by atoms with Gasteiger partial charge in [-0.05, 0) is 74.9 Å². The molecule has 0 amide bonds. The number of nitrogens with one attached hydrogen (secondary N) is 1. The van der Waals surface area contributed by atoms with Crippen LogP contribution in [-0.2, 0) is 9.53 Å². The smallest absolute Gasteiger partial charge is 0.326 e. The van der Waals surface area contributed by atoms with Crippen LogP contribution in [0.4, 0.5) is 0 Å². The van der Waals surface area contributed by atoms with E-state index < -0.39 is 5.54 Å². The van der Waals surface area contributed by atoms with Gasteiger partial charge in [-0.25, -0.2) is 0 Å². The highest BCUT2D eigenvalue weighted by Gasteiger charge is 2.35. The van der Waals surface area contributed by atoms with Crippen molar-refractivity contribution in [2.24, 2.45) is 0 Å². The van der Waals surface area contributed by atoms with Gasteiger partial charge in [-0.3, -0.25) is 4.79 Å². The highest BCUT2D eigenvalue weighted by atomic mass is 16.5. The Morgan fingerprint density at radius 2 is 1.90 bits per heavy atom. The summed E-state index contributed by atoms with van der Waals surface area (Å²) in [6.45, 7) is 8.44. The number of hydrogen-bond acceptors (Lipinski definition) is 5. The lowest BCUT2D eigenvalue weighted by Crippen LogP contribution is -2.52. The van der Waals surface area contributed by atoms with Crippen LogP contribution in [-0.4, -0.2) is 75.2 Å². The molecule has 2 unspecified atom stereocenters. The summed E-state index contributed by atoms with van der Waals surface area (Å²) in [5.74, 6) is -0.170. The van der Waals surface area contributed by atoms with Crippen molar-refractivity contribution in [2.75, 3.05) is 47.9 Å². The molecule has 0 aromatic carbocycles. The predicted molar refractivity (Wildman–Crippen MR) is 84.0 cm³/mol. The van der Waals surface area contributed by atoms with Crippen molar-refractivity contribution in [1.82, 2.24) is 15.1 Å². The molecule has 120 valence electrons. The molecule has 0 aromatic rings. The Hall–Kier alpha value is -0.650. The summed E-state index contributed by atoms with van der Waals surface area (Å²) in [5, 5.41) is 3.11. The molecule has 0 aliphatic carbocycles. The molecule has 0 spiro atoms. The average molecular weight is 287 g/mol. The fraction of sp³-hybridized carbons (Fsp3) is 0.933. The van der Waals surface area contributed by atoms with Gasteiger partial charge in [-0.15, -0.1) is 0 Å². The molecule has 0 fully saturated rings. The Morgan fingerprint density at radius 1 is 1.30 bits per heavy atom. The highest BCUT2D eigenvalue weighted by molar-refractivity contribution is 5.80. The second kappa shape index (κ2) is 9.32. The van der Waals surface area contributed by atoms with Gasteiger partial charge < -0.3 is 19.9 Å². The minimum Gasteiger partial charge on any atom is -0.465 e. The number of rotatable bonds is 10. The van der Waals surface area contributed by atoms with E-state index >= 15 is 0 Å². The summed E-state index contributed by atoms with van der Waals surface area (Å²) in [7, 11) is 8.10. The predicted octanol–water partition coefficient (Wildman–Crippen LogP) is 1.19. The first-order valence-electron chi connectivity index (χ1n) is 7.48. The first-order valence-corrected chi connectivity index (χ1v) is 7.48. The second-order valence-electron chi connectivity index (χ2n) is 5.99. The zero-order valence-electron chi connectivity index (χ0n) is 14.3. The van der Waals surface area contributed by atoms with E-state index in [4.69, 9.17) is 4.74 Å². The van der Waals surface area contributed by atoms with Gasteiger partial charge in [0.25, 0.3) is 0 Å². The Labute approximate surface area is 124 Å². The molecule has 5 heteroatoms. The molecule has 0 bridgehead atoms. The van der Waals surface area contributed by atoms with Crippen LogP contribution < -0.4 is 5.32 Å². The highest BCUT2D eigenvalue weighted by Crippen LogP contribution is 2.17. The zero-order valence-corrected chi connectivity index (χ0v) is 14.3. The van der Waals surface area contributed by atoms with Crippen LogP contribution >= 0.6 is 0 Å². The molecule has 5 nitrogen and oxygen atoms in total. The Balaban J connectivity index is 4.38. The monoisotopic (exact) mass is 287 g/mol. The third-order valence-electron chi connectivity index (χ3n) is 3.85. The molecule has 0 aliphatic heterocycles. The Morgan fingerprint density at radius 3 is 2.35 bits per heavy atom. The lowest BCUT2D eigenvalue weighted by Gasteiger charge is -2.33. The maximum Gasteiger partial charge on any atom is 0.326 e. The number of ether oxygens (including phenoxy) is 1. The minimum absolute atomic E-state index is 0.170. The van der Waals surface area contributed by atoms with E-state index in [1.165, 1.54) is 0 Å². The second-order valence-corrected chi connectivity index (χ2v) is 5.99. The van der Waals surface area contributed by atoms with E-state index in [9.17, 15) is 4.79 Å². The molecule has 0 aromatic heterocycles. The number of hydrogen-bond donors (Lipinski definition) is 1. The molecule has 1 N–H and O–H groups in total. The van der Waals surface area contributed by atoms with Crippen molar-refractivity contribution in [3.8, 4) is 0 Å². The minimum atomic E-state index is -0.620. The molecule has 0 heterocycles.